The van der Waals surface area contributed by atoms with Gasteiger partial charge >= 0.3 is 0 Å². The van der Waals surface area contributed by atoms with E-state index in [1.54, 1.807) is 32.9 Å². The maximum Gasteiger partial charge on any atom is 0.241 e. The van der Waals surface area contributed by atoms with Gasteiger partial charge in [-0.3, -0.25) is 0 Å². The largest absolute Gasteiger partial charge is 0.381 e. The normalized spacial score (nSPS) is 16.8. The smallest absolute Gasteiger partial charge is 0.241 e. The average molecular weight is 335 g/mol. The summed E-state index contributed by atoms with van der Waals surface area (Å²) in [6.45, 7) is 5.36. The summed E-state index contributed by atoms with van der Waals surface area (Å²) in [6.07, 6.45) is 5.84. The van der Waals surface area contributed by atoms with E-state index >= 15 is 0 Å². The van der Waals surface area contributed by atoms with Crippen molar-refractivity contribution >= 4 is 15.7 Å². The second-order valence-corrected chi connectivity index (χ2v) is 8.84. The Balaban J connectivity index is 2.24. The van der Waals surface area contributed by atoms with Crippen LogP contribution >= 0.6 is 0 Å². The molecule has 2 N–H and O–H groups in total. The molecule has 1 fully saturated rings. The van der Waals surface area contributed by atoms with Crippen molar-refractivity contribution in [2.45, 2.75) is 69.4 Å². The van der Waals surface area contributed by atoms with Crippen LogP contribution in [-0.4, -0.2) is 20.0 Å². The van der Waals surface area contributed by atoms with Crippen molar-refractivity contribution in [1.29, 1.82) is 5.26 Å². The number of sulfonamides is 1. The number of benzene rings is 1. The van der Waals surface area contributed by atoms with Crippen molar-refractivity contribution < 1.29 is 8.42 Å². The van der Waals surface area contributed by atoms with Crippen molar-refractivity contribution in [3.63, 3.8) is 0 Å². The molecule has 1 aliphatic rings. The summed E-state index contributed by atoms with van der Waals surface area (Å²) in [6, 6.07) is 7.17. The van der Waals surface area contributed by atoms with Crippen LogP contribution in [0.25, 0.3) is 0 Å². The van der Waals surface area contributed by atoms with Crippen LogP contribution in [0.4, 0.5) is 5.69 Å². The summed E-state index contributed by atoms with van der Waals surface area (Å²) in [5.74, 6) is 0. The Kier molecular flexibility index (Phi) is 5.33. The van der Waals surface area contributed by atoms with Gasteiger partial charge in [-0.05, 0) is 51.8 Å². The maximum atomic E-state index is 12.4. The third-order valence-electron chi connectivity index (χ3n) is 3.83. The zero-order valence-corrected chi connectivity index (χ0v) is 14.8. The molecule has 1 aromatic rings. The lowest BCUT2D eigenvalue weighted by atomic mass is 9.95. The second kappa shape index (κ2) is 6.90. The molecule has 0 atom stereocenters. The van der Waals surface area contributed by atoms with Gasteiger partial charge in [0.05, 0.1) is 16.1 Å². The number of rotatable bonds is 4. The summed E-state index contributed by atoms with van der Waals surface area (Å²) in [5, 5.41) is 12.8. The Labute approximate surface area is 139 Å². The summed E-state index contributed by atoms with van der Waals surface area (Å²) in [4.78, 5) is 0.123. The van der Waals surface area contributed by atoms with Crippen molar-refractivity contribution in [3.8, 4) is 6.07 Å². The predicted octanol–water partition coefficient (Wildman–Crippen LogP) is 3.38. The van der Waals surface area contributed by atoms with E-state index in [9.17, 15) is 13.7 Å². The molecule has 0 aliphatic heterocycles. The molecule has 0 aromatic heterocycles. The van der Waals surface area contributed by atoms with Crippen molar-refractivity contribution in [3.05, 3.63) is 23.8 Å². The minimum absolute atomic E-state index is 0.123. The monoisotopic (exact) mass is 335 g/mol. The Morgan fingerprint density at radius 2 is 1.83 bits per heavy atom. The fraction of sp³-hybridized carbons (Fsp3) is 0.588. The van der Waals surface area contributed by atoms with Crippen LogP contribution < -0.4 is 10.0 Å². The van der Waals surface area contributed by atoms with Gasteiger partial charge in [-0.25, -0.2) is 13.1 Å². The summed E-state index contributed by atoms with van der Waals surface area (Å²) in [7, 11) is -3.63. The molecule has 1 aliphatic carbocycles. The van der Waals surface area contributed by atoms with Gasteiger partial charge in [0.1, 0.15) is 6.07 Å². The molecule has 0 spiro atoms. The number of hydrogen-bond acceptors (Lipinski definition) is 4. The quantitative estimate of drug-likeness (QED) is 0.884. The van der Waals surface area contributed by atoms with Gasteiger partial charge in [-0.15, -0.1) is 0 Å². The molecule has 5 nitrogen and oxygen atoms in total. The maximum absolute atomic E-state index is 12.4. The van der Waals surface area contributed by atoms with E-state index in [-0.39, 0.29) is 4.90 Å². The molecule has 23 heavy (non-hydrogen) atoms. The van der Waals surface area contributed by atoms with Crippen LogP contribution in [0.5, 0.6) is 0 Å². The Morgan fingerprint density at radius 1 is 1.17 bits per heavy atom. The van der Waals surface area contributed by atoms with E-state index in [4.69, 9.17) is 0 Å². The van der Waals surface area contributed by atoms with Crippen LogP contribution in [-0.2, 0) is 10.0 Å². The van der Waals surface area contributed by atoms with Crippen LogP contribution in [0.2, 0.25) is 0 Å². The number of nitriles is 1. The van der Waals surface area contributed by atoms with Gasteiger partial charge in [-0.1, -0.05) is 19.3 Å². The molecule has 6 heteroatoms. The molecule has 126 valence electrons. The van der Waals surface area contributed by atoms with Crippen molar-refractivity contribution in [2.75, 3.05) is 5.32 Å². The molecule has 0 bridgehead atoms. The number of nitrogens with zero attached hydrogens (tertiary/aromatic N) is 1. The lowest BCUT2D eigenvalue weighted by Crippen LogP contribution is -2.40. The molecular weight excluding hydrogens is 310 g/mol. The number of nitrogens with one attached hydrogen (secondary N) is 2. The van der Waals surface area contributed by atoms with Crippen LogP contribution in [0.15, 0.2) is 23.1 Å². The lowest BCUT2D eigenvalue weighted by Gasteiger charge is -2.25. The fourth-order valence-corrected chi connectivity index (χ4v) is 4.28. The van der Waals surface area contributed by atoms with Gasteiger partial charge in [-0.2, -0.15) is 5.26 Å². The van der Waals surface area contributed by atoms with E-state index in [1.807, 2.05) is 0 Å². The SMILES string of the molecule is CC(C)(C)NS(=O)(=O)c1ccc(NC2CCCCC2)c(C#N)c1. The number of anilines is 1. The minimum atomic E-state index is -3.63. The Hall–Kier alpha value is -1.58. The first kappa shape index (κ1) is 17.8. The molecule has 0 unspecified atom stereocenters. The van der Waals surface area contributed by atoms with Crippen LogP contribution in [0.1, 0.15) is 58.4 Å². The molecule has 0 heterocycles. The first-order valence-electron chi connectivity index (χ1n) is 8.06. The molecular formula is C17H25N3O2S. The average Bonchev–Trinajstić information content (AvgIpc) is 2.46. The molecule has 0 amide bonds. The number of hydrogen-bond donors (Lipinski definition) is 2. The van der Waals surface area contributed by atoms with Gasteiger partial charge in [0.25, 0.3) is 0 Å². The highest BCUT2D eigenvalue weighted by Gasteiger charge is 2.23. The second-order valence-electron chi connectivity index (χ2n) is 7.15. The highest BCUT2D eigenvalue weighted by Crippen LogP contribution is 2.25. The topological polar surface area (TPSA) is 82.0 Å². The first-order chi connectivity index (χ1) is 10.7. The molecule has 1 saturated carbocycles. The van der Waals surface area contributed by atoms with E-state index in [1.165, 1.54) is 25.3 Å². The van der Waals surface area contributed by atoms with E-state index in [2.05, 4.69) is 16.1 Å². The standard InChI is InChI=1S/C17H25N3O2S/c1-17(2,3)20-23(21,22)15-9-10-16(13(11-15)12-18)19-14-7-5-4-6-8-14/h9-11,14,19-20H,4-8H2,1-3H3. The van der Waals surface area contributed by atoms with E-state index in [0.717, 1.165) is 12.8 Å². The summed E-state index contributed by atoms with van der Waals surface area (Å²) >= 11 is 0. The third kappa shape index (κ3) is 4.95. The van der Waals surface area contributed by atoms with Crippen molar-refractivity contribution in [1.82, 2.24) is 4.72 Å². The van der Waals surface area contributed by atoms with Crippen LogP contribution in [0.3, 0.4) is 0 Å². The molecule has 0 saturated heterocycles. The van der Waals surface area contributed by atoms with Crippen LogP contribution in [0, 0.1) is 11.3 Å². The Bertz CT molecular complexity index is 694. The summed E-state index contributed by atoms with van der Waals surface area (Å²) in [5.41, 5.74) is 0.520. The Morgan fingerprint density at radius 3 is 2.39 bits per heavy atom. The minimum Gasteiger partial charge on any atom is -0.381 e. The molecule has 1 aromatic carbocycles. The van der Waals surface area contributed by atoms with Crippen molar-refractivity contribution in [2.24, 2.45) is 0 Å². The predicted molar refractivity (Wildman–Crippen MR) is 91.7 cm³/mol. The van der Waals surface area contributed by atoms with Gasteiger partial charge in [0.15, 0.2) is 0 Å². The zero-order valence-electron chi connectivity index (χ0n) is 14.0. The van der Waals surface area contributed by atoms with Gasteiger partial charge in [0, 0.05) is 11.6 Å². The fourth-order valence-electron chi connectivity index (χ4n) is 2.84. The van der Waals surface area contributed by atoms with Gasteiger partial charge < -0.3 is 5.32 Å². The van der Waals surface area contributed by atoms with Gasteiger partial charge in [0.2, 0.25) is 10.0 Å². The van der Waals surface area contributed by atoms with E-state index in [0.29, 0.717) is 17.3 Å². The lowest BCUT2D eigenvalue weighted by molar-refractivity contribution is 0.462. The highest BCUT2D eigenvalue weighted by molar-refractivity contribution is 7.89. The third-order valence-corrected chi connectivity index (χ3v) is 5.58. The zero-order chi connectivity index (χ0) is 17.1. The van der Waals surface area contributed by atoms with E-state index < -0.39 is 15.6 Å². The molecule has 0 radical (unpaired) electrons. The summed E-state index contributed by atoms with van der Waals surface area (Å²) < 4.78 is 27.4. The first-order valence-corrected chi connectivity index (χ1v) is 9.54. The highest BCUT2D eigenvalue weighted by atomic mass is 32.2. The molecule has 2 rings (SSSR count).